The zero-order valence-corrected chi connectivity index (χ0v) is 17.3. The third kappa shape index (κ3) is 6.99. The summed E-state index contributed by atoms with van der Waals surface area (Å²) in [7, 11) is 1.56. The molecule has 0 saturated carbocycles. The van der Waals surface area contributed by atoms with Crippen LogP contribution >= 0.6 is 0 Å². The van der Waals surface area contributed by atoms with Crippen molar-refractivity contribution in [3.05, 3.63) is 59.7 Å². The van der Waals surface area contributed by atoms with Gasteiger partial charge in [-0.15, -0.1) is 0 Å². The van der Waals surface area contributed by atoms with Crippen molar-refractivity contribution in [2.24, 2.45) is 5.92 Å². The van der Waals surface area contributed by atoms with Gasteiger partial charge in [0.2, 0.25) is 5.91 Å². The minimum Gasteiger partial charge on any atom is -0.493 e. The zero-order chi connectivity index (χ0) is 21.2. The number of carbonyl (C=O) groups excluding carboxylic acids is 2. The van der Waals surface area contributed by atoms with Gasteiger partial charge in [-0.25, -0.2) is 0 Å². The molecule has 2 aromatic carbocycles. The molecular formula is C23H28N2O4. The Morgan fingerprint density at radius 2 is 1.90 bits per heavy atom. The van der Waals surface area contributed by atoms with E-state index in [0.717, 1.165) is 11.1 Å². The molecule has 0 bridgehead atoms. The highest BCUT2D eigenvalue weighted by molar-refractivity contribution is 5.92. The van der Waals surface area contributed by atoms with Crippen LogP contribution in [0.3, 0.4) is 0 Å². The maximum absolute atomic E-state index is 12.2. The highest BCUT2D eigenvalue weighted by Crippen LogP contribution is 2.28. The van der Waals surface area contributed by atoms with Crippen molar-refractivity contribution in [2.45, 2.75) is 27.3 Å². The van der Waals surface area contributed by atoms with Gasteiger partial charge in [-0.2, -0.15) is 0 Å². The first kappa shape index (κ1) is 22.0. The molecule has 0 spiro atoms. The van der Waals surface area contributed by atoms with E-state index in [-0.39, 0.29) is 24.3 Å². The van der Waals surface area contributed by atoms with E-state index in [1.807, 2.05) is 69.3 Å². The Morgan fingerprint density at radius 1 is 1.10 bits per heavy atom. The fraction of sp³-hybridized carbons (Fsp3) is 0.304. The summed E-state index contributed by atoms with van der Waals surface area (Å²) >= 11 is 0. The smallest absolute Gasteiger partial charge is 0.258 e. The number of amides is 2. The SMILES string of the molecule is C/C=C/c1ccc(OCC(=O)NCc2cccc(NC(=O)C(C)C)c2)c(OC)c1. The molecule has 2 amide bonds. The van der Waals surface area contributed by atoms with Gasteiger partial charge in [0.1, 0.15) is 0 Å². The monoisotopic (exact) mass is 396 g/mol. The van der Waals surface area contributed by atoms with Gasteiger partial charge in [0.25, 0.3) is 5.91 Å². The molecule has 29 heavy (non-hydrogen) atoms. The minimum atomic E-state index is -0.249. The topological polar surface area (TPSA) is 76.7 Å². The van der Waals surface area contributed by atoms with Gasteiger partial charge in [-0.05, 0) is 42.3 Å². The number of allylic oxidation sites excluding steroid dienone is 1. The van der Waals surface area contributed by atoms with Gasteiger partial charge in [0.05, 0.1) is 7.11 Å². The summed E-state index contributed by atoms with van der Waals surface area (Å²) in [6.07, 6.45) is 3.89. The first-order valence-electron chi connectivity index (χ1n) is 9.53. The molecule has 154 valence electrons. The lowest BCUT2D eigenvalue weighted by atomic mass is 10.1. The van der Waals surface area contributed by atoms with Crippen LogP contribution in [0.25, 0.3) is 6.08 Å². The van der Waals surface area contributed by atoms with Crippen LogP contribution in [0, 0.1) is 5.92 Å². The average molecular weight is 396 g/mol. The van der Waals surface area contributed by atoms with Crippen LogP contribution < -0.4 is 20.1 Å². The van der Waals surface area contributed by atoms with E-state index >= 15 is 0 Å². The van der Waals surface area contributed by atoms with Crippen molar-refractivity contribution in [1.29, 1.82) is 0 Å². The van der Waals surface area contributed by atoms with E-state index in [1.54, 1.807) is 13.2 Å². The normalized spacial score (nSPS) is 10.8. The molecule has 6 heteroatoms. The van der Waals surface area contributed by atoms with Crippen LogP contribution in [0.15, 0.2) is 48.5 Å². The van der Waals surface area contributed by atoms with Gasteiger partial charge < -0.3 is 20.1 Å². The van der Waals surface area contributed by atoms with Crippen molar-refractivity contribution in [2.75, 3.05) is 19.0 Å². The summed E-state index contributed by atoms with van der Waals surface area (Å²) in [5, 5.41) is 5.66. The van der Waals surface area contributed by atoms with Gasteiger partial charge in [0, 0.05) is 18.2 Å². The summed E-state index contributed by atoms with van der Waals surface area (Å²) in [4.78, 5) is 24.0. The highest BCUT2D eigenvalue weighted by Gasteiger charge is 2.09. The van der Waals surface area contributed by atoms with E-state index in [9.17, 15) is 9.59 Å². The Labute approximate surface area is 171 Å². The number of ether oxygens (including phenoxy) is 2. The lowest BCUT2D eigenvalue weighted by molar-refractivity contribution is -0.123. The number of benzene rings is 2. The predicted molar refractivity (Wildman–Crippen MR) is 115 cm³/mol. The molecule has 2 rings (SSSR count). The molecule has 0 fully saturated rings. The molecule has 0 unspecified atom stereocenters. The molecule has 0 atom stereocenters. The molecule has 2 aromatic rings. The lowest BCUT2D eigenvalue weighted by Gasteiger charge is -2.12. The Morgan fingerprint density at radius 3 is 2.59 bits per heavy atom. The standard InChI is InChI=1S/C23H28N2O4/c1-5-7-17-10-11-20(21(13-17)28-4)29-15-22(26)24-14-18-8-6-9-19(12-18)25-23(27)16(2)3/h5-13,16H,14-15H2,1-4H3,(H,24,26)(H,25,27)/b7-5+. The molecule has 0 aliphatic rings. The van der Waals surface area contributed by atoms with Gasteiger partial charge in [-0.1, -0.05) is 44.2 Å². The Kier molecular flexibility index (Phi) is 8.27. The van der Waals surface area contributed by atoms with Crippen LogP contribution in [0.1, 0.15) is 31.9 Å². The Hall–Kier alpha value is -3.28. The molecule has 0 aromatic heterocycles. The van der Waals surface area contributed by atoms with Crippen molar-refractivity contribution in [3.8, 4) is 11.5 Å². The first-order chi connectivity index (χ1) is 13.9. The molecule has 0 saturated heterocycles. The van der Waals surface area contributed by atoms with Crippen molar-refractivity contribution in [3.63, 3.8) is 0 Å². The number of hydrogen-bond donors (Lipinski definition) is 2. The van der Waals surface area contributed by atoms with Gasteiger partial charge in [0.15, 0.2) is 18.1 Å². The van der Waals surface area contributed by atoms with E-state index in [2.05, 4.69) is 10.6 Å². The second-order valence-corrected chi connectivity index (χ2v) is 6.82. The van der Waals surface area contributed by atoms with Gasteiger partial charge in [-0.3, -0.25) is 9.59 Å². The van der Waals surface area contributed by atoms with Crippen LogP contribution in [0.4, 0.5) is 5.69 Å². The van der Waals surface area contributed by atoms with E-state index in [0.29, 0.717) is 23.7 Å². The molecule has 2 N–H and O–H groups in total. The number of hydrogen-bond acceptors (Lipinski definition) is 4. The summed E-state index contributed by atoms with van der Waals surface area (Å²) < 4.78 is 10.9. The molecule has 6 nitrogen and oxygen atoms in total. The van der Waals surface area contributed by atoms with E-state index in [4.69, 9.17) is 9.47 Å². The summed E-state index contributed by atoms with van der Waals surface area (Å²) in [5.41, 5.74) is 2.58. The molecule has 0 aliphatic heterocycles. The second-order valence-electron chi connectivity index (χ2n) is 6.82. The number of rotatable bonds is 9. The van der Waals surface area contributed by atoms with Crippen LogP contribution in [0.5, 0.6) is 11.5 Å². The lowest BCUT2D eigenvalue weighted by Crippen LogP contribution is -2.28. The number of anilines is 1. The van der Waals surface area contributed by atoms with Crippen molar-refractivity contribution < 1.29 is 19.1 Å². The van der Waals surface area contributed by atoms with Crippen molar-refractivity contribution in [1.82, 2.24) is 5.32 Å². The molecular weight excluding hydrogens is 368 g/mol. The van der Waals surface area contributed by atoms with Crippen LogP contribution in [-0.4, -0.2) is 25.5 Å². The third-order valence-electron chi connectivity index (χ3n) is 4.11. The highest BCUT2D eigenvalue weighted by atomic mass is 16.5. The second kappa shape index (κ2) is 10.9. The molecule has 0 heterocycles. The van der Waals surface area contributed by atoms with Crippen molar-refractivity contribution >= 4 is 23.6 Å². The minimum absolute atomic E-state index is 0.0472. The number of carbonyl (C=O) groups is 2. The van der Waals surface area contributed by atoms with E-state index in [1.165, 1.54) is 0 Å². The summed E-state index contributed by atoms with van der Waals surface area (Å²) in [6, 6.07) is 12.9. The number of methoxy groups -OCH3 is 1. The third-order valence-corrected chi connectivity index (χ3v) is 4.11. The molecule has 0 radical (unpaired) electrons. The van der Waals surface area contributed by atoms with Crippen LogP contribution in [-0.2, 0) is 16.1 Å². The maximum atomic E-state index is 12.2. The number of nitrogens with one attached hydrogen (secondary N) is 2. The fourth-order valence-electron chi connectivity index (χ4n) is 2.54. The first-order valence-corrected chi connectivity index (χ1v) is 9.53. The van der Waals surface area contributed by atoms with E-state index < -0.39 is 0 Å². The average Bonchev–Trinajstić information content (AvgIpc) is 2.71. The Balaban J connectivity index is 1.88. The zero-order valence-electron chi connectivity index (χ0n) is 17.3. The summed E-state index contributed by atoms with van der Waals surface area (Å²) in [5.74, 6) is 0.686. The van der Waals surface area contributed by atoms with Gasteiger partial charge >= 0.3 is 0 Å². The molecule has 0 aliphatic carbocycles. The fourth-order valence-corrected chi connectivity index (χ4v) is 2.54. The summed E-state index contributed by atoms with van der Waals surface area (Å²) in [6.45, 7) is 5.83. The largest absolute Gasteiger partial charge is 0.493 e. The maximum Gasteiger partial charge on any atom is 0.258 e. The quantitative estimate of drug-likeness (QED) is 0.671. The predicted octanol–water partition coefficient (Wildman–Crippen LogP) is 4.02. The Bertz CT molecular complexity index is 875. The van der Waals surface area contributed by atoms with Crippen LogP contribution in [0.2, 0.25) is 0 Å².